The number of fused-ring (bicyclic) bond motifs is 4. The van der Waals surface area contributed by atoms with Gasteiger partial charge in [0, 0.05) is 5.54 Å². The van der Waals surface area contributed by atoms with Crippen LogP contribution < -0.4 is 4.90 Å². The zero-order valence-electron chi connectivity index (χ0n) is 20.0. The lowest BCUT2D eigenvalue weighted by atomic mass is 9.59. The van der Waals surface area contributed by atoms with Crippen molar-refractivity contribution < 1.29 is 19.2 Å². The number of anilines is 1. The smallest absolute Gasteiger partial charge is 0.238 e. The number of benzene rings is 1. The van der Waals surface area contributed by atoms with Gasteiger partial charge in [-0.15, -0.1) is 0 Å². The second kappa shape index (κ2) is 7.53. The topological polar surface area (TPSA) is 74.8 Å². The minimum Gasteiger partial charge on any atom is -0.276 e. The number of amides is 4. The van der Waals surface area contributed by atoms with Crippen molar-refractivity contribution in [1.29, 1.82) is 0 Å². The van der Waals surface area contributed by atoms with E-state index in [1.807, 2.05) is 45.0 Å². The number of imide groups is 2. The molecule has 2 saturated heterocycles. The molecule has 0 aromatic heterocycles. The third-order valence-corrected chi connectivity index (χ3v) is 9.02. The van der Waals surface area contributed by atoms with E-state index in [4.69, 9.17) is 0 Å². The van der Waals surface area contributed by atoms with E-state index >= 15 is 0 Å². The van der Waals surface area contributed by atoms with Gasteiger partial charge in [0.15, 0.2) is 0 Å². The molecule has 1 aromatic rings. The molecule has 1 aliphatic carbocycles. The van der Waals surface area contributed by atoms with Crippen LogP contribution in [0.5, 0.6) is 0 Å². The average Bonchev–Trinajstić information content (AvgIpc) is 3.11. The third kappa shape index (κ3) is 2.77. The quantitative estimate of drug-likeness (QED) is 0.602. The van der Waals surface area contributed by atoms with Gasteiger partial charge in [0.1, 0.15) is 0 Å². The van der Waals surface area contributed by atoms with E-state index in [9.17, 15) is 19.2 Å². The molecule has 3 aliphatic rings. The molecule has 0 radical (unpaired) electrons. The molecule has 4 amide bonds. The highest BCUT2D eigenvalue weighted by Crippen LogP contribution is 2.58. The molecule has 4 rings (SSSR count). The molecular weight excluding hydrogens is 404 g/mol. The molecule has 1 saturated carbocycles. The Morgan fingerprint density at radius 1 is 0.656 bits per heavy atom. The summed E-state index contributed by atoms with van der Waals surface area (Å²) in [6.07, 6.45) is 3.27. The summed E-state index contributed by atoms with van der Waals surface area (Å²) < 4.78 is 0. The third-order valence-electron chi connectivity index (χ3n) is 9.02. The van der Waals surface area contributed by atoms with Crippen molar-refractivity contribution in [3.05, 3.63) is 29.8 Å². The minimum atomic E-state index is -0.719. The molecule has 0 bridgehead atoms. The molecule has 1 aromatic carbocycles. The summed E-state index contributed by atoms with van der Waals surface area (Å²) in [4.78, 5) is 55.6. The van der Waals surface area contributed by atoms with Crippen LogP contribution in [-0.2, 0) is 24.6 Å². The summed E-state index contributed by atoms with van der Waals surface area (Å²) >= 11 is 0. The van der Waals surface area contributed by atoms with Gasteiger partial charge >= 0.3 is 0 Å². The van der Waals surface area contributed by atoms with Crippen LogP contribution in [0.4, 0.5) is 5.69 Å². The number of nitrogens with zero attached hydrogens (tertiary/aromatic N) is 2. The van der Waals surface area contributed by atoms with E-state index in [0.717, 1.165) is 12.8 Å². The lowest BCUT2D eigenvalue weighted by Gasteiger charge is -2.36. The van der Waals surface area contributed by atoms with Crippen LogP contribution >= 0.6 is 0 Å². The molecule has 3 fully saturated rings. The first-order chi connectivity index (χ1) is 15.1. The Morgan fingerprint density at radius 3 is 1.44 bits per heavy atom. The maximum atomic E-state index is 13.3. The lowest BCUT2D eigenvalue weighted by molar-refractivity contribution is -0.147. The summed E-state index contributed by atoms with van der Waals surface area (Å²) in [7, 11) is 0. The molecule has 6 heteroatoms. The Bertz CT molecular complexity index is 934. The maximum absolute atomic E-state index is 13.3. The summed E-state index contributed by atoms with van der Waals surface area (Å²) in [6.45, 7) is 12.3. The van der Waals surface area contributed by atoms with Crippen LogP contribution in [-0.4, -0.2) is 34.1 Å². The Hall–Kier alpha value is -2.50. The Kier molecular flexibility index (Phi) is 5.34. The fraction of sp³-hybridized carbons (Fsp3) is 0.615. The number of carbonyl (C=O) groups is 4. The van der Waals surface area contributed by atoms with Crippen molar-refractivity contribution in [3.63, 3.8) is 0 Å². The summed E-state index contributed by atoms with van der Waals surface area (Å²) in [5.74, 6) is -4.10. The van der Waals surface area contributed by atoms with Crippen LogP contribution in [0.15, 0.2) is 24.3 Å². The van der Waals surface area contributed by atoms with Gasteiger partial charge in [-0.05, 0) is 55.7 Å². The van der Waals surface area contributed by atoms with E-state index in [1.165, 1.54) is 15.4 Å². The fourth-order valence-corrected chi connectivity index (χ4v) is 5.81. The van der Waals surface area contributed by atoms with Gasteiger partial charge in [0.2, 0.25) is 23.6 Å². The van der Waals surface area contributed by atoms with Gasteiger partial charge in [0.25, 0.3) is 0 Å². The number of hydrogen-bond acceptors (Lipinski definition) is 4. The van der Waals surface area contributed by atoms with Gasteiger partial charge in [-0.2, -0.15) is 0 Å². The van der Waals surface area contributed by atoms with E-state index < -0.39 is 29.2 Å². The van der Waals surface area contributed by atoms with Crippen LogP contribution in [0.1, 0.15) is 72.8 Å². The van der Waals surface area contributed by atoms with E-state index in [2.05, 4.69) is 20.8 Å². The number of rotatable bonds is 7. The Morgan fingerprint density at radius 2 is 1.06 bits per heavy atom. The minimum absolute atomic E-state index is 0.0428. The van der Waals surface area contributed by atoms with Crippen molar-refractivity contribution in [2.75, 3.05) is 4.90 Å². The molecule has 172 valence electrons. The number of carbonyl (C=O) groups excluding carboxylic acids is 4. The van der Waals surface area contributed by atoms with Crippen LogP contribution in [0.25, 0.3) is 0 Å². The van der Waals surface area contributed by atoms with Crippen molar-refractivity contribution >= 4 is 29.3 Å². The SMILES string of the molecule is CCC(C)(CC)c1ccc(N2C(=O)C3C(C2=O)C2C(=O)N(C(C)(CC)CC)C(=O)C32)cc1. The van der Waals surface area contributed by atoms with Crippen molar-refractivity contribution in [2.45, 2.75) is 78.2 Å². The van der Waals surface area contributed by atoms with Crippen molar-refractivity contribution in [3.8, 4) is 0 Å². The van der Waals surface area contributed by atoms with E-state index in [1.54, 1.807) is 0 Å². The summed E-state index contributed by atoms with van der Waals surface area (Å²) in [5, 5.41) is 0. The zero-order valence-corrected chi connectivity index (χ0v) is 20.0. The van der Waals surface area contributed by atoms with Crippen LogP contribution in [0, 0.1) is 23.7 Å². The van der Waals surface area contributed by atoms with Gasteiger partial charge in [-0.25, -0.2) is 0 Å². The highest BCUT2D eigenvalue weighted by atomic mass is 16.2. The van der Waals surface area contributed by atoms with E-state index in [0.29, 0.717) is 18.5 Å². The molecule has 32 heavy (non-hydrogen) atoms. The van der Waals surface area contributed by atoms with Crippen molar-refractivity contribution in [2.24, 2.45) is 23.7 Å². The highest BCUT2D eigenvalue weighted by molar-refractivity contribution is 6.27. The van der Waals surface area contributed by atoms with Crippen LogP contribution in [0.2, 0.25) is 0 Å². The van der Waals surface area contributed by atoms with Gasteiger partial charge in [0.05, 0.1) is 29.4 Å². The first-order valence-electron chi connectivity index (χ1n) is 12.0. The standard InChI is InChI=1S/C26H34N2O4/c1-7-25(5,8-2)15-11-13-16(14-12-15)27-21(29)17-18(22(27)30)20-19(17)23(31)28(24(20)32)26(6,9-3)10-4/h11-14,17-20H,7-10H2,1-6H3. The molecule has 2 heterocycles. The fourth-order valence-electron chi connectivity index (χ4n) is 5.81. The average molecular weight is 439 g/mol. The van der Waals surface area contributed by atoms with Crippen molar-refractivity contribution in [1.82, 2.24) is 4.90 Å². The Balaban J connectivity index is 1.62. The van der Waals surface area contributed by atoms with Gasteiger partial charge in [-0.3, -0.25) is 29.0 Å². The normalized spacial score (nSPS) is 27.7. The van der Waals surface area contributed by atoms with Gasteiger partial charge < -0.3 is 0 Å². The number of likely N-dealkylation sites (tertiary alicyclic amines) is 1. The van der Waals surface area contributed by atoms with Crippen LogP contribution in [0.3, 0.4) is 0 Å². The maximum Gasteiger partial charge on any atom is 0.238 e. The second-order valence-electron chi connectivity index (χ2n) is 10.1. The molecule has 6 nitrogen and oxygen atoms in total. The van der Waals surface area contributed by atoms with E-state index in [-0.39, 0.29) is 29.0 Å². The summed E-state index contributed by atoms with van der Waals surface area (Å²) in [6, 6.07) is 7.60. The molecule has 4 atom stereocenters. The zero-order chi connectivity index (χ0) is 23.6. The molecule has 0 spiro atoms. The predicted molar refractivity (Wildman–Crippen MR) is 122 cm³/mol. The van der Waals surface area contributed by atoms with Gasteiger partial charge in [-0.1, -0.05) is 46.8 Å². The molecule has 2 aliphatic heterocycles. The molecular formula is C26H34N2O4. The first kappa shape index (κ1) is 22.7. The molecule has 0 N–H and O–H groups in total. The first-order valence-corrected chi connectivity index (χ1v) is 12.0. The second-order valence-corrected chi connectivity index (χ2v) is 10.1. The summed E-state index contributed by atoms with van der Waals surface area (Å²) in [5.41, 5.74) is 1.16. The predicted octanol–water partition coefficient (Wildman–Crippen LogP) is 4.06. The largest absolute Gasteiger partial charge is 0.276 e. The molecule has 4 unspecified atom stereocenters. The number of hydrogen-bond donors (Lipinski definition) is 0. The highest BCUT2D eigenvalue weighted by Gasteiger charge is 2.74. The lowest BCUT2D eigenvalue weighted by Crippen LogP contribution is -2.50. The Labute approximate surface area is 190 Å². The monoisotopic (exact) mass is 438 g/mol.